The van der Waals surface area contributed by atoms with Crippen molar-refractivity contribution in [3.8, 4) is 0 Å². The summed E-state index contributed by atoms with van der Waals surface area (Å²) in [5.41, 5.74) is 4.70. The molecule has 10 atom stereocenters. The van der Waals surface area contributed by atoms with E-state index in [1.54, 1.807) is 6.26 Å². The molecule has 0 radical (unpaired) electrons. The van der Waals surface area contributed by atoms with E-state index in [0.717, 1.165) is 50.5 Å². The molecule has 2 heterocycles. The van der Waals surface area contributed by atoms with Crippen LogP contribution in [0.25, 0.3) is 0 Å². The van der Waals surface area contributed by atoms with Gasteiger partial charge in [0.25, 0.3) is 0 Å². The van der Waals surface area contributed by atoms with E-state index in [1.165, 1.54) is 11.0 Å². The van der Waals surface area contributed by atoms with E-state index in [4.69, 9.17) is 10.2 Å². The molecular weight excluding hydrogens is 472 g/mol. The first-order valence-electron chi connectivity index (χ1n) is 14.2. The first-order chi connectivity index (χ1) is 17.4. The van der Waals surface area contributed by atoms with Crippen LogP contribution >= 0.6 is 0 Å². The number of carbonyl (C=O) groups is 1. The zero-order valence-corrected chi connectivity index (χ0v) is 22.1. The van der Waals surface area contributed by atoms with Gasteiger partial charge in [-0.2, -0.15) is 0 Å². The summed E-state index contributed by atoms with van der Waals surface area (Å²) in [6, 6.07) is 2.92. The number of carboxylic acid groups (broad SMARTS) is 1. The number of hydrogen-bond donors (Lipinski definition) is 4. The lowest BCUT2D eigenvalue weighted by Gasteiger charge is -2.66. The lowest BCUT2D eigenvalue weighted by Crippen LogP contribution is -2.67. The Morgan fingerprint density at radius 3 is 2.43 bits per heavy atom. The van der Waals surface area contributed by atoms with Gasteiger partial charge in [0, 0.05) is 24.1 Å². The molecule has 2 unspecified atom stereocenters. The third-order valence-electron chi connectivity index (χ3n) is 12.4. The number of likely N-dealkylation sites (tertiary alicyclic amines) is 1. The van der Waals surface area contributed by atoms with Crippen molar-refractivity contribution >= 4 is 6.09 Å². The van der Waals surface area contributed by atoms with Crippen molar-refractivity contribution < 1.29 is 24.5 Å². The monoisotopic (exact) mass is 514 g/mol. The Kier molecular flexibility index (Phi) is 5.69. The minimum absolute atomic E-state index is 0.0590. The molecular formula is C29H42N2O6. The molecule has 4 aliphatic carbocycles. The maximum absolute atomic E-state index is 12.4. The molecule has 6 rings (SSSR count). The molecule has 0 spiro atoms. The maximum atomic E-state index is 12.4. The van der Waals surface area contributed by atoms with Gasteiger partial charge in [-0.15, -0.1) is 0 Å². The average Bonchev–Trinajstić information content (AvgIpc) is 3.37. The van der Waals surface area contributed by atoms with Crippen LogP contribution in [0, 0.1) is 28.6 Å². The van der Waals surface area contributed by atoms with E-state index in [0.29, 0.717) is 25.8 Å². The lowest BCUT2D eigenvalue weighted by atomic mass is 9.41. The van der Waals surface area contributed by atoms with Crippen LogP contribution < -0.4 is 11.4 Å². The van der Waals surface area contributed by atoms with Gasteiger partial charge in [-0.1, -0.05) is 13.8 Å². The summed E-state index contributed by atoms with van der Waals surface area (Å²) in [6.45, 7) is 4.91. The Morgan fingerprint density at radius 2 is 1.73 bits per heavy atom. The summed E-state index contributed by atoms with van der Waals surface area (Å²) in [5.74, 6) is 0.519. The first kappa shape index (κ1) is 25.4. The molecule has 5 aliphatic rings. The van der Waals surface area contributed by atoms with Crippen molar-refractivity contribution in [2.75, 3.05) is 6.54 Å². The van der Waals surface area contributed by atoms with Crippen molar-refractivity contribution in [1.29, 1.82) is 0 Å². The van der Waals surface area contributed by atoms with Crippen molar-refractivity contribution in [2.24, 2.45) is 34.3 Å². The van der Waals surface area contributed by atoms with Gasteiger partial charge in [0.2, 0.25) is 0 Å². The van der Waals surface area contributed by atoms with Crippen LogP contribution in [0.2, 0.25) is 0 Å². The number of aliphatic hydroxyl groups is 2. The van der Waals surface area contributed by atoms with Gasteiger partial charge in [0.15, 0.2) is 0 Å². The summed E-state index contributed by atoms with van der Waals surface area (Å²) in [7, 11) is 0. The molecule has 1 aromatic heterocycles. The molecule has 0 bridgehead atoms. The number of nitrogens with zero attached hydrogens (tertiary/aromatic N) is 1. The van der Waals surface area contributed by atoms with Crippen LogP contribution in [0.15, 0.2) is 27.6 Å². The van der Waals surface area contributed by atoms with Crippen molar-refractivity contribution in [3.05, 3.63) is 34.4 Å². The van der Waals surface area contributed by atoms with Crippen LogP contribution in [-0.4, -0.2) is 56.1 Å². The summed E-state index contributed by atoms with van der Waals surface area (Å²) in [6.07, 6.45) is 8.38. The fourth-order valence-electron chi connectivity index (χ4n) is 10.3. The minimum atomic E-state index is -0.913. The minimum Gasteiger partial charge on any atom is -0.465 e. The van der Waals surface area contributed by atoms with Gasteiger partial charge >= 0.3 is 11.7 Å². The highest BCUT2D eigenvalue weighted by Gasteiger charge is 2.70. The van der Waals surface area contributed by atoms with E-state index in [2.05, 4.69) is 13.8 Å². The molecule has 8 nitrogen and oxygen atoms in total. The van der Waals surface area contributed by atoms with E-state index >= 15 is 0 Å². The zero-order valence-electron chi connectivity index (χ0n) is 22.1. The Labute approximate surface area is 218 Å². The topological polar surface area (TPSA) is 137 Å². The Balaban J connectivity index is 1.27. The number of hydrogen-bond acceptors (Lipinski definition) is 6. The number of rotatable bonds is 2. The third kappa shape index (κ3) is 3.37. The average molecular weight is 515 g/mol. The van der Waals surface area contributed by atoms with Crippen LogP contribution in [0.5, 0.6) is 0 Å². The van der Waals surface area contributed by atoms with Gasteiger partial charge < -0.3 is 30.4 Å². The third-order valence-corrected chi connectivity index (χ3v) is 12.4. The van der Waals surface area contributed by atoms with E-state index in [9.17, 15) is 24.9 Å². The second kappa shape index (κ2) is 8.30. The molecule has 1 saturated heterocycles. The maximum Gasteiger partial charge on any atom is 0.407 e. The largest absolute Gasteiger partial charge is 0.465 e. The summed E-state index contributed by atoms with van der Waals surface area (Å²) >= 11 is 0. The molecule has 37 heavy (non-hydrogen) atoms. The van der Waals surface area contributed by atoms with Gasteiger partial charge in [0.05, 0.1) is 23.5 Å². The fraction of sp³-hybridized carbons (Fsp3) is 0.793. The zero-order chi connectivity index (χ0) is 26.4. The number of nitrogens with two attached hydrogens (primary N) is 1. The predicted molar refractivity (Wildman–Crippen MR) is 137 cm³/mol. The second-order valence-electron chi connectivity index (χ2n) is 13.5. The Morgan fingerprint density at radius 1 is 1.00 bits per heavy atom. The molecule has 5 N–H and O–H groups in total. The molecule has 0 aromatic carbocycles. The van der Waals surface area contributed by atoms with Crippen LogP contribution in [-0.2, 0) is 0 Å². The quantitative estimate of drug-likeness (QED) is 0.472. The Bertz CT molecular complexity index is 1120. The van der Waals surface area contributed by atoms with Crippen LogP contribution in [0.3, 0.4) is 0 Å². The van der Waals surface area contributed by atoms with E-state index in [-0.39, 0.29) is 52.2 Å². The standard InChI is InChI=1S/C29H42N2O6/c1-26-10-5-17(24-22(30)9-14-31(24)25(33)34)15-28(26,35)12-7-21-20(26)6-11-27(2)19(8-13-29(21,27)36)18-3-4-23(32)37-16-18/h3-4,16-17,19-22,24,35-36H,5-15,30H2,1-2H3,(H,33,34)/t17-,19+,20-,21+,22?,24?,26+,27+,28-,29-/m0/s1. The van der Waals surface area contributed by atoms with Crippen LogP contribution in [0.1, 0.15) is 89.5 Å². The van der Waals surface area contributed by atoms with Crippen molar-refractivity contribution in [3.63, 3.8) is 0 Å². The molecule has 8 heteroatoms. The summed E-state index contributed by atoms with van der Waals surface area (Å²) in [5, 5.41) is 34.4. The van der Waals surface area contributed by atoms with Crippen molar-refractivity contribution in [2.45, 2.75) is 107 Å². The highest BCUT2D eigenvalue weighted by molar-refractivity contribution is 5.66. The normalized spacial score (nSPS) is 49.3. The molecule has 4 saturated carbocycles. The van der Waals surface area contributed by atoms with Gasteiger partial charge in [-0.25, -0.2) is 9.59 Å². The van der Waals surface area contributed by atoms with Crippen molar-refractivity contribution in [1.82, 2.24) is 4.90 Å². The smallest absolute Gasteiger partial charge is 0.407 e. The summed E-state index contributed by atoms with van der Waals surface area (Å²) < 4.78 is 5.20. The van der Waals surface area contributed by atoms with E-state index in [1.807, 2.05) is 6.07 Å². The molecule has 1 aliphatic heterocycles. The highest BCUT2D eigenvalue weighted by atomic mass is 16.4. The van der Waals surface area contributed by atoms with Crippen LogP contribution in [0.4, 0.5) is 4.79 Å². The molecule has 1 aromatic rings. The number of amides is 1. The first-order valence-corrected chi connectivity index (χ1v) is 14.2. The van der Waals surface area contributed by atoms with Gasteiger partial charge in [-0.05, 0) is 105 Å². The molecule has 5 fully saturated rings. The molecule has 204 valence electrons. The summed E-state index contributed by atoms with van der Waals surface area (Å²) in [4.78, 5) is 24.9. The fourth-order valence-corrected chi connectivity index (χ4v) is 10.3. The van der Waals surface area contributed by atoms with Gasteiger partial charge in [-0.3, -0.25) is 0 Å². The van der Waals surface area contributed by atoms with E-state index < -0.39 is 17.3 Å². The molecule has 1 amide bonds. The SMILES string of the molecule is C[C@]12CC[C@H](C3C(N)CCN3C(=O)O)C[C@@]1(O)CC[C@@H]1[C@@H]2CC[C@]2(C)[C@@H](c3ccc(=O)oc3)CC[C@]12O. The second-order valence-corrected chi connectivity index (χ2v) is 13.5. The van der Waals surface area contributed by atoms with Gasteiger partial charge in [0.1, 0.15) is 0 Å². The Hall–Kier alpha value is -1.90. The number of fused-ring (bicyclic) bond motifs is 5. The lowest BCUT2D eigenvalue weighted by molar-refractivity contribution is -0.251. The predicted octanol–water partition coefficient (Wildman–Crippen LogP) is 3.69. The highest BCUT2D eigenvalue weighted by Crippen LogP contribution is 2.71.